The van der Waals surface area contributed by atoms with Crippen LogP contribution in [-0.4, -0.2) is 34.4 Å². The van der Waals surface area contributed by atoms with E-state index in [1.54, 1.807) is 31.3 Å². The Morgan fingerprint density at radius 2 is 2.17 bits per heavy atom. The van der Waals surface area contributed by atoms with E-state index in [4.69, 9.17) is 9.26 Å². The van der Waals surface area contributed by atoms with Gasteiger partial charge in [-0.3, -0.25) is 5.32 Å². The van der Waals surface area contributed by atoms with Crippen molar-refractivity contribution in [3.05, 3.63) is 36.1 Å². The van der Waals surface area contributed by atoms with Crippen LogP contribution in [0.3, 0.4) is 0 Å². The van der Waals surface area contributed by atoms with Crippen molar-refractivity contribution in [3.63, 3.8) is 0 Å². The van der Waals surface area contributed by atoms with Crippen LogP contribution < -0.4 is 10.6 Å². The minimum Gasteiger partial charge on any atom is -0.381 e. The highest BCUT2D eigenvalue weighted by Gasteiger charge is 2.31. The third kappa shape index (κ3) is 4.04. The number of anilines is 1. The monoisotopic (exact) mass is 317 g/mol. The minimum absolute atomic E-state index is 0.193. The highest BCUT2D eigenvalue weighted by Crippen LogP contribution is 2.29. The Kier molecular flexibility index (Phi) is 4.82. The molecule has 1 aliphatic rings. The van der Waals surface area contributed by atoms with Crippen LogP contribution >= 0.6 is 0 Å². The molecule has 0 radical (unpaired) electrons. The molecule has 3 rings (SSSR count). The van der Waals surface area contributed by atoms with Gasteiger partial charge in [0, 0.05) is 19.4 Å². The van der Waals surface area contributed by atoms with E-state index in [-0.39, 0.29) is 18.0 Å². The summed E-state index contributed by atoms with van der Waals surface area (Å²) in [6.07, 6.45) is 3.28. The maximum Gasteiger partial charge on any atom is 0.321 e. The molecule has 1 fully saturated rings. The summed E-state index contributed by atoms with van der Waals surface area (Å²) in [7, 11) is 0. The van der Waals surface area contributed by atoms with Gasteiger partial charge in [-0.2, -0.15) is 4.98 Å². The Balaban J connectivity index is 1.71. The van der Waals surface area contributed by atoms with Gasteiger partial charge in [-0.15, -0.1) is 0 Å². The summed E-state index contributed by atoms with van der Waals surface area (Å²) in [5, 5.41) is 9.45. The molecule has 2 amide bonds. The molecule has 8 heteroatoms. The van der Waals surface area contributed by atoms with Crippen LogP contribution in [0.25, 0.3) is 0 Å². The second-order valence-electron chi connectivity index (χ2n) is 5.42. The highest BCUT2D eigenvalue weighted by molar-refractivity contribution is 5.88. The Morgan fingerprint density at radius 1 is 1.35 bits per heavy atom. The molecule has 1 unspecified atom stereocenters. The van der Waals surface area contributed by atoms with Gasteiger partial charge in [0.1, 0.15) is 11.9 Å². The largest absolute Gasteiger partial charge is 0.381 e. The highest BCUT2D eigenvalue weighted by atomic mass is 16.5. The molecule has 3 heterocycles. The fourth-order valence-electron chi connectivity index (χ4n) is 2.60. The van der Waals surface area contributed by atoms with E-state index in [1.807, 2.05) is 0 Å². The van der Waals surface area contributed by atoms with Crippen LogP contribution in [0.1, 0.15) is 30.6 Å². The number of carbonyl (C=O) groups excluding carboxylic acids is 1. The van der Waals surface area contributed by atoms with Crippen LogP contribution in [0.15, 0.2) is 28.9 Å². The molecular weight excluding hydrogens is 298 g/mol. The maximum atomic E-state index is 12.3. The van der Waals surface area contributed by atoms with Crippen LogP contribution in [-0.2, 0) is 4.74 Å². The van der Waals surface area contributed by atoms with E-state index in [9.17, 15) is 4.79 Å². The van der Waals surface area contributed by atoms with Crippen molar-refractivity contribution in [2.24, 2.45) is 5.92 Å². The minimum atomic E-state index is -0.351. The summed E-state index contributed by atoms with van der Waals surface area (Å²) in [5.41, 5.74) is 0. The fraction of sp³-hybridized carbons (Fsp3) is 0.467. The van der Waals surface area contributed by atoms with Gasteiger partial charge >= 0.3 is 6.03 Å². The first-order chi connectivity index (χ1) is 11.2. The normalized spacial score (nSPS) is 16.7. The quantitative estimate of drug-likeness (QED) is 0.895. The summed E-state index contributed by atoms with van der Waals surface area (Å²) in [4.78, 5) is 20.6. The zero-order valence-electron chi connectivity index (χ0n) is 12.9. The number of nitrogens with one attached hydrogen (secondary N) is 2. The van der Waals surface area contributed by atoms with Crippen molar-refractivity contribution < 1.29 is 14.1 Å². The number of amides is 2. The average molecular weight is 317 g/mol. The van der Waals surface area contributed by atoms with E-state index < -0.39 is 0 Å². The van der Waals surface area contributed by atoms with Crippen molar-refractivity contribution in [2.45, 2.75) is 25.8 Å². The lowest BCUT2D eigenvalue weighted by molar-refractivity contribution is 0.0506. The fourth-order valence-corrected chi connectivity index (χ4v) is 2.60. The summed E-state index contributed by atoms with van der Waals surface area (Å²) in [6, 6.07) is 4.62. The third-order valence-electron chi connectivity index (χ3n) is 3.74. The molecule has 1 atom stereocenters. The number of hydrogen-bond acceptors (Lipinski definition) is 6. The average Bonchev–Trinajstić information content (AvgIpc) is 3.00. The SMILES string of the molecule is Cc1noc(C(NC(=O)Nc2ccccn2)C2CCOCC2)n1. The van der Waals surface area contributed by atoms with Gasteiger partial charge < -0.3 is 14.6 Å². The number of carbonyl (C=O) groups is 1. The van der Waals surface area contributed by atoms with Crippen molar-refractivity contribution >= 4 is 11.8 Å². The van der Waals surface area contributed by atoms with Gasteiger partial charge in [0.05, 0.1) is 0 Å². The van der Waals surface area contributed by atoms with Crippen LogP contribution in [0.5, 0.6) is 0 Å². The predicted octanol–water partition coefficient (Wildman–Crippen LogP) is 2.06. The number of aryl methyl sites for hydroxylation is 1. The lowest BCUT2D eigenvalue weighted by Crippen LogP contribution is -2.38. The van der Waals surface area contributed by atoms with Gasteiger partial charge in [-0.05, 0) is 37.8 Å². The number of urea groups is 1. The smallest absolute Gasteiger partial charge is 0.321 e. The lowest BCUT2D eigenvalue weighted by atomic mass is 9.91. The molecule has 0 aromatic carbocycles. The van der Waals surface area contributed by atoms with E-state index in [1.165, 1.54) is 0 Å². The van der Waals surface area contributed by atoms with Crippen molar-refractivity contribution in [3.8, 4) is 0 Å². The van der Waals surface area contributed by atoms with Gasteiger partial charge in [0.25, 0.3) is 0 Å². The molecule has 2 aromatic heterocycles. The maximum absolute atomic E-state index is 12.3. The molecular formula is C15H19N5O3. The predicted molar refractivity (Wildman–Crippen MR) is 81.7 cm³/mol. The third-order valence-corrected chi connectivity index (χ3v) is 3.74. The topological polar surface area (TPSA) is 102 Å². The summed E-state index contributed by atoms with van der Waals surface area (Å²) in [6.45, 7) is 3.08. The molecule has 1 saturated heterocycles. The van der Waals surface area contributed by atoms with Crippen LogP contribution in [0.4, 0.5) is 10.6 Å². The van der Waals surface area contributed by atoms with Gasteiger partial charge in [-0.25, -0.2) is 9.78 Å². The first-order valence-corrected chi connectivity index (χ1v) is 7.59. The van der Waals surface area contributed by atoms with Crippen molar-refractivity contribution in [1.29, 1.82) is 0 Å². The summed E-state index contributed by atoms with van der Waals surface area (Å²) in [5.74, 6) is 1.64. The first kappa shape index (κ1) is 15.4. The zero-order valence-corrected chi connectivity index (χ0v) is 12.9. The van der Waals surface area contributed by atoms with Crippen molar-refractivity contribution in [2.75, 3.05) is 18.5 Å². The molecule has 2 N–H and O–H groups in total. The number of pyridine rings is 1. The molecule has 0 saturated carbocycles. The molecule has 2 aromatic rings. The Hall–Kier alpha value is -2.48. The Labute approximate surface area is 133 Å². The standard InChI is InChI=1S/C15H19N5O3/c1-10-17-14(23-20-10)13(11-5-8-22-9-6-11)19-15(21)18-12-4-2-3-7-16-12/h2-4,7,11,13H,5-6,8-9H2,1H3,(H2,16,18,19,21). The number of rotatable bonds is 4. The van der Waals surface area contributed by atoms with E-state index in [2.05, 4.69) is 25.8 Å². The molecule has 0 spiro atoms. The van der Waals surface area contributed by atoms with E-state index in [0.717, 1.165) is 12.8 Å². The van der Waals surface area contributed by atoms with E-state index in [0.29, 0.717) is 30.7 Å². The van der Waals surface area contributed by atoms with Gasteiger partial charge in [-0.1, -0.05) is 11.2 Å². The molecule has 8 nitrogen and oxygen atoms in total. The second-order valence-corrected chi connectivity index (χ2v) is 5.42. The number of hydrogen-bond donors (Lipinski definition) is 2. The molecule has 122 valence electrons. The molecule has 0 aliphatic carbocycles. The zero-order chi connectivity index (χ0) is 16.1. The van der Waals surface area contributed by atoms with Crippen LogP contribution in [0, 0.1) is 12.8 Å². The van der Waals surface area contributed by atoms with E-state index >= 15 is 0 Å². The summed E-state index contributed by atoms with van der Waals surface area (Å²) >= 11 is 0. The van der Waals surface area contributed by atoms with Gasteiger partial charge in [0.2, 0.25) is 5.89 Å². The lowest BCUT2D eigenvalue weighted by Gasteiger charge is -2.28. The number of nitrogens with zero attached hydrogens (tertiary/aromatic N) is 3. The van der Waals surface area contributed by atoms with Gasteiger partial charge in [0.15, 0.2) is 5.82 Å². The van der Waals surface area contributed by atoms with Crippen molar-refractivity contribution in [1.82, 2.24) is 20.4 Å². The second kappa shape index (κ2) is 7.19. The Morgan fingerprint density at radius 3 is 2.83 bits per heavy atom. The molecule has 0 bridgehead atoms. The van der Waals surface area contributed by atoms with Crippen LogP contribution in [0.2, 0.25) is 0 Å². The Bertz CT molecular complexity index is 640. The number of ether oxygens (including phenoxy) is 1. The molecule has 1 aliphatic heterocycles. The molecule has 23 heavy (non-hydrogen) atoms. The summed E-state index contributed by atoms with van der Waals surface area (Å²) < 4.78 is 10.7. The number of aromatic nitrogens is 3. The first-order valence-electron chi connectivity index (χ1n) is 7.59.